The number of nitrogen functional groups attached to an aromatic ring is 1. The van der Waals surface area contributed by atoms with E-state index in [0.29, 0.717) is 11.9 Å². The minimum absolute atomic E-state index is 0.492. The van der Waals surface area contributed by atoms with Crippen LogP contribution in [0.2, 0.25) is 0 Å². The molecule has 1 aliphatic carbocycles. The minimum Gasteiger partial charge on any atom is -0.382 e. The Morgan fingerprint density at radius 3 is 2.47 bits per heavy atom. The first-order chi connectivity index (χ1) is 8.25. The van der Waals surface area contributed by atoms with Crippen molar-refractivity contribution in [3.05, 3.63) is 18.1 Å². The lowest BCUT2D eigenvalue weighted by Crippen LogP contribution is -2.31. The van der Waals surface area contributed by atoms with Gasteiger partial charge in [0.15, 0.2) is 0 Å². The van der Waals surface area contributed by atoms with E-state index in [2.05, 4.69) is 21.9 Å². The number of nitrogens with zero attached hydrogens (tertiary/aromatic N) is 3. The topological polar surface area (TPSA) is 55.0 Å². The van der Waals surface area contributed by atoms with Crippen LogP contribution in [0.25, 0.3) is 0 Å². The lowest BCUT2D eigenvalue weighted by atomic mass is 10.1. The van der Waals surface area contributed by atoms with Gasteiger partial charge in [0, 0.05) is 12.6 Å². The normalized spacial score (nSPS) is 18.2. The van der Waals surface area contributed by atoms with Crippen molar-refractivity contribution >= 4 is 5.82 Å². The van der Waals surface area contributed by atoms with Crippen LogP contribution in [0.15, 0.2) is 12.4 Å². The largest absolute Gasteiger partial charge is 0.382 e. The summed E-state index contributed by atoms with van der Waals surface area (Å²) in [6, 6.07) is 0.705. The van der Waals surface area contributed by atoms with E-state index in [9.17, 15) is 0 Å². The molecule has 0 saturated heterocycles. The number of hydrogen-bond donors (Lipinski definition) is 1. The zero-order chi connectivity index (χ0) is 12.1. The molecule has 4 heteroatoms. The van der Waals surface area contributed by atoms with Gasteiger partial charge in [-0.1, -0.05) is 25.7 Å². The van der Waals surface area contributed by atoms with Crippen molar-refractivity contribution < 1.29 is 0 Å². The van der Waals surface area contributed by atoms with Crippen LogP contribution < -0.4 is 5.73 Å². The zero-order valence-electron chi connectivity index (χ0n) is 10.6. The van der Waals surface area contributed by atoms with Gasteiger partial charge in [-0.25, -0.2) is 4.98 Å². The van der Waals surface area contributed by atoms with Crippen molar-refractivity contribution in [3.63, 3.8) is 0 Å². The Morgan fingerprint density at radius 2 is 1.88 bits per heavy atom. The van der Waals surface area contributed by atoms with E-state index in [4.69, 9.17) is 5.73 Å². The van der Waals surface area contributed by atoms with Gasteiger partial charge in [0.2, 0.25) is 0 Å². The van der Waals surface area contributed by atoms with Gasteiger partial charge >= 0.3 is 0 Å². The van der Waals surface area contributed by atoms with Gasteiger partial charge in [0.1, 0.15) is 5.82 Å². The molecule has 0 bridgehead atoms. The summed E-state index contributed by atoms with van der Waals surface area (Å²) in [7, 11) is 2.19. The number of hydrogen-bond acceptors (Lipinski definition) is 4. The van der Waals surface area contributed by atoms with Gasteiger partial charge in [-0.05, 0) is 19.9 Å². The Hall–Kier alpha value is -1.16. The second-order valence-electron chi connectivity index (χ2n) is 4.99. The van der Waals surface area contributed by atoms with Gasteiger partial charge in [-0.3, -0.25) is 9.88 Å². The maximum atomic E-state index is 5.53. The minimum atomic E-state index is 0.492. The summed E-state index contributed by atoms with van der Waals surface area (Å²) in [5, 5.41) is 0. The Kier molecular flexibility index (Phi) is 4.31. The predicted molar refractivity (Wildman–Crippen MR) is 69.4 cm³/mol. The van der Waals surface area contributed by atoms with Crippen LogP contribution in [0, 0.1) is 0 Å². The van der Waals surface area contributed by atoms with Crippen molar-refractivity contribution in [1.82, 2.24) is 14.9 Å². The average Bonchev–Trinajstić information content (AvgIpc) is 2.61. The summed E-state index contributed by atoms with van der Waals surface area (Å²) >= 11 is 0. The maximum absolute atomic E-state index is 5.53. The van der Waals surface area contributed by atoms with Crippen molar-refractivity contribution in [1.29, 1.82) is 0 Å². The molecule has 1 heterocycles. The van der Waals surface area contributed by atoms with E-state index in [1.165, 1.54) is 38.5 Å². The molecule has 17 heavy (non-hydrogen) atoms. The fourth-order valence-electron chi connectivity index (χ4n) is 2.53. The first-order valence-electron chi connectivity index (χ1n) is 6.52. The van der Waals surface area contributed by atoms with E-state index in [-0.39, 0.29) is 0 Å². The third-order valence-corrected chi connectivity index (χ3v) is 3.58. The molecule has 0 aromatic carbocycles. The molecule has 1 saturated carbocycles. The molecule has 2 rings (SSSR count). The molecule has 0 atom stereocenters. The molecular formula is C13H22N4. The Morgan fingerprint density at radius 1 is 1.18 bits per heavy atom. The van der Waals surface area contributed by atoms with Gasteiger partial charge in [-0.2, -0.15) is 0 Å². The Balaban J connectivity index is 1.90. The zero-order valence-corrected chi connectivity index (χ0v) is 10.6. The summed E-state index contributed by atoms with van der Waals surface area (Å²) in [4.78, 5) is 10.8. The van der Waals surface area contributed by atoms with Gasteiger partial charge in [-0.15, -0.1) is 0 Å². The summed E-state index contributed by atoms with van der Waals surface area (Å²) in [6.45, 7) is 0.873. The smallest absolute Gasteiger partial charge is 0.141 e. The molecule has 0 aliphatic heterocycles. The SMILES string of the molecule is CN(Cc1cnc(N)cn1)C1CCCCCC1. The Labute approximate surface area is 103 Å². The molecule has 2 N–H and O–H groups in total. The average molecular weight is 234 g/mol. The first kappa shape index (κ1) is 12.3. The molecule has 1 aliphatic rings. The number of nitrogens with two attached hydrogens (primary N) is 1. The number of anilines is 1. The predicted octanol–water partition coefficient (Wildman–Crippen LogP) is 2.21. The van der Waals surface area contributed by atoms with Crippen LogP contribution in [0.4, 0.5) is 5.82 Å². The van der Waals surface area contributed by atoms with Gasteiger partial charge < -0.3 is 5.73 Å². The van der Waals surface area contributed by atoms with E-state index < -0.39 is 0 Å². The molecule has 94 valence electrons. The van der Waals surface area contributed by atoms with E-state index in [1.807, 2.05) is 0 Å². The standard InChI is InChI=1S/C13H22N4/c1-17(12-6-4-2-3-5-7-12)10-11-8-16-13(14)9-15-11/h8-9,12H,2-7,10H2,1H3,(H2,14,16). The molecular weight excluding hydrogens is 212 g/mol. The van der Waals surface area contributed by atoms with E-state index in [1.54, 1.807) is 12.4 Å². The van der Waals surface area contributed by atoms with Gasteiger partial charge in [0.25, 0.3) is 0 Å². The second kappa shape index (κ2) is 5.96. The summed E-state index contributed by atoms with van der Waals surface area (Å²) in [5.74, 6) is 0.492. The molecule has 1 fully saturated rings. The van der Waals surface area contributed by atoms with Crippen LogP contribution in [0.3, 0.4) is 0 Å². The quantitative estimate of drug-likeness (QED) is 0.815. The molecule has 0 radical (unpaired) electrons. The highest BCUT2D eigenvalue weighted by molar-refractivity contribution is 5.22. The van der Waals surface area contributed by atoms with Crippen LogP contribution in [-0.2, 0) is 6.54 Å². The van der Waals surface area contributed by atoms with Crippen molar-refractivity contribution in [2.45, 2.75) is 51.1 Å². The van der Waals surface area contributed by atoms with E-state index >= 15 is 0 Å². The molecule has 1 aromatic rings. The van der Waals surface area contributed by atoms with Crippen molar-refractivity contribution in [3.8, 4) is 0 Å². The highest BCUT2D eigenvalue weighted by atomic mass is 15.1. The van der Waals surface area contributed by atoms with Crippen LogP contribution in [0.1, 0.15) is 44.2 Å². The van der Waals surface area contributed by atoms with Crippen LogP contribution in [-0.4, -0.2) is 28.0 Å². The highest BCUT2D eigenvalue weighted by Gasteiger charge is 2.17. The van der Waals surface area contributed by atoms with Gasteiger partial charge in [0.05, 0.1) is 18.1 Å². The summed E-state index contributed by atoms with van der Waals surface area (Å²) in [5.41, 5.74) is 6.54. The van der Waals surface area contributed by atoms with Crippen molar-refractivity contribution in [2.24, 2.45) is 0 Å². The molecule has 4 nitrogen and oxygen atoms in total. The monoisotopic (exact) mass is 234 g/mol. The second-order valence-corrected chi connectivity index (χ2v) is 4.99. The summed E-state index contributed by atoms with van der Waals surface area (Å²) < 4.78 is 0. The molecule has 1 aromatic heterocycles. The third-order valence-electron chi connectivity index (χ3n) is 3.58. The maximum Gasteiger partial charge on any atom is 0.141 e. The molecule has 0 spiro atoms. The van der Waals surface area contributed by atoms with E-state index in [0.717, 1.165) is 12.2 Å². The third kappa shape index (κ3) is 3.66. The number of rotatable bonds is 3. The fraction of sp³-hybridized carbons (Fsp3) is 0.692. The lowest BCUT2D eigenvalue weighted by molar-refractivity contribution is 0.210. The van der Waals surface area contributed by atoms with Crippen molar-refractivity contribution in [2.75, 3.05) is 12.8 Å². The fourth-order valence-corrected chi connectivity index (χ4v) is 2.53. The lowest BCUT2D eigenvalue weighted by Gasteiger charge is -2.26. The Bertz CT molecular complexity index is 328. The first-order valence-corrected chi connectivity index (χ1v) is 6.52. The number of aromatic nitrogens is 2. The highest BCUT2D eigenvalue weighted by Crippen LogP contribution is 2.21. The van der Waals surface area contributed by atoms with Crippen LogP contribution >= 0.6 is 0 Å². The molecule has 0 amide bonds. The summed E-state index contributed by atoms with van der Waals surface area (Å²) in [6.07, 6.45) is 11.6. The van der Waals surface area contributed by atoms with Crippen LogP contribution in [0.5, 0.6) is 0 Å². The molecule has 0 unspecified atom stereocenters.